The van der Waals surface area contributed by atoms with Crippen LogP contribution in [0.2, 0.25) is 0 Å². The van der Waals surface area contributed by atoms with Crippen molar-refractivity contribution in [3.8, 4) is 11.3 Å². The zero-order valence-electron chi connectivity index (χ0n) is 13.4. The number of nitrogens with one attached hydrogen (secondary N) is 2. The molecule has 3 rings (SSSR count). The Morgan fingerprint density at radius 1 is 1.16 bits per heavy atom. The number of benzene rings is 1. The summed E-state index contributed by atoms with van der Waals surface area (Å²) in [7, 11) is 0. The highest BCUT2D eigenvalue weighted by molar-refractivity contribution is 5.91. The largest absolute Gasteiger partial charge is 0.352 e. The van der Waals surface area contributed by atoms with Crippen molar-refractivity contribution in [2.24, 2.45) is 0 Å². The smallest absolute Gasteiger partial charge is 0.244 e. The molecular formula is C19H17FN4O. The van der Waals surface area contributed by atoms with Crippen LogP contribution in [0.25, 0.3) is 17.3 Å². The van der Waals surface area contributed by atoms with Crippen molar-refractivity contribution < 1.29 is 9.18 Å². The molecule has 0 atom stereocenters. The zero-order chi connectivity index (χ0) is 17.5. The van der Waals surface area contributed by atoms with Crippen LogP contribution in [0, 0.1) is 5.82 Å². The van der Waals surface area contributed by atoms with Crippen LogP contribution in [-0.2, 0) is 11.2 Å². The minimum Gasteiger partial charge on any atom is -0.352 e. The second-order valence-electron chi connectivity index (χ2n) is 5.41. The number of imidazole rings is 1. The van der Waals surface area contributed by atoms with Gasteiger partial charge in [0.2, 0.25) is 5.91 Å². The van der Waals surface area contributed by atoms with Gasteiger partial charge in [-0.25, -0.2) is 9.37 Å². The van der Waals surface area contributed by atoms with E-state index in [1.165, 1.54) is 18.2 Å². The fourth-order valence-corrected chi connectivity index (χ4v) is 2.28. The number of rotatable bonds is 6. The van der Waals surface area contributed by atoms with Crippen molar-refractivity contribution in [2.75, 3.05) is 6.54 Å². The molecule has 0 fully saturated rings. The number of hydrogen-bond donors (Lipinski definition) is 2. The van der Waals surface area contributed by atoms with Gasteiger partial charge in [0.25, 0.3) is 0 Å². The van der Waals surface area contributed by atoms with Crippen molar-refractivity contribution in [1.82, 2.24) is 20.3 Å². The number of nitrogens with zero attached hydrogens (tertiary/aromatic N) is 2. The molecule has 0 aliphatic rings. The molecule has 2 aromatic heterocycles. The lowest BCUT2D eigenvalue weighted by Crippen LogP contribution is -2.23. The zero-order valence-corrected chi connectivity index (χ0v) is 13.4. The molecule has 0 saturated heterocycles. The minimum atomic E-state index is -0.272. The molecule has 0 aliphatic heterocycles. The molecule has 6 heteroatoms. The number of aromatic amines is 1. The lowest BCUT2D eigenvalue weighted by molar-refractivity contribution is -0.116. The lowest BCUT2D eigenvalue weighted by Gasteiger charge is -2.00. The number of pyridine rings is 1. The average molecular weight is 336 g/mol. The Hall–Kier alpha value is -3.28. The van der Waals surface area contributed by atoms with Gasteiger partial charge in [-0.1, -0.05) is 0 Å². The molecule has 1 aromatic carbocycles. The van der Waals surface area contributed by atoms with E-state index in [4.69, 9.17) is 0 Å². The SMILES string of the molecule is O=C(/C=C\c1ccncc1)NCCc1ncc(-c2ccc(F)cc2)[nH]1. The number of aromatic nitrogens is 3. The lowest BCUT2D eigenvalue weighted by atomic mass is 10.2. The predicted molar refractivity (Wildman–Crippen MR) is 94.0 cm³/mol. The van der Waals surface area contributed by atoms with Gasteiger partial charge in [0.1, 0.15) is 11.6 Å². The van der Waals surface area contributed by atoms with Gasteiger partial charge in [-0.3, -0.25) is 9.78 Å². The van der Waals surface area contributed by atoms with Crippen LogP contribution >= 0.6 is 0 Å². The molecule has 0 bridgehead atoms. The molecule has 0 aliphatic carbocycles. The van der Waals surface area contributed by atoms with Crippen LogP contribution < -0.4 is 5.32 Å². The van der Waals surface area contributed by atoms with Crippen molar-refractivity contribution in [3.63, 3.8) is 0 Å². The summed E-state index contributed by atoms with van der Waals surface area (Å²) in [6, 6.07) is 9.85. The Labute approximate surface area is 144 Å². The highest BCUT2D eigenvalue weighted by atomic mass is 19.1. The molecule has 3 aromatic rings. The number of amides is 1. The van der Waals surface area contributed by atoms with Gasteiger partial charge in [0.15, 0.2) is 0 Å². The average Bonchev–Trinajstić information content (AvgIpc) is 3.10. The highest BCUT2D eigenvalue weighted by Gasteiger charge is 2.04. The molecule has 0 unspecified atom stereocenters. The third-order valence-electron chi connectivity index (χ3n) is 3.58. The van der Waals surface area contributed by atoms with E-state index in [0.717, 1.165) is 22.6 Å². The summed E-state index contributed by atoms with van der Waals surface area (Å²) in [5, 5.41) is 2.81. The van der Waals surface area contributed by atoms with Gasteiger partial charge in [-0.05, 0) is 53.6 Å². The maximum absolute atomic E-state index is 12.9. The molecule has 1 amide bonds. The molecule has 2 N–H and O–H groups in total. The predicted octanol–water partition coefficient (Wildman–Crippen LogP) is 2.98. The topological polar surface area (TPSA) is 70.7 Å². The van der Waals surface area contributed by atoms with Gasteiger partial charge in [0, 0.05) is 31.4 Å². The van der Waals surface area contributed by atoms with E-state index < -0.39 is 0 Å². The van der Waals surface area contributed by atoms with E-state index in [1.54, 1.807) is 36.8 Å². The first-order valence-electron chi connectivity index (χ1n) is 7.86. The Balaban J connectivity index is 1.48. The number of carbonyl (C=O) groups is 1. The van der Waals surface area contributed by atoms with E-state index in [9.17, 15) is 9.18 Å². The number of carbonyl (C=O) groups excluding carboxylic acids is 1. The summed E-state index contributed by atoms with van der Waals surface area (Å²) < 4.78 is 12.9. The van der Waals surface area contributed by atoms with Crippen molar-refractivity contribution in [2.45, 2.75) is 6.42 Å². The van der Waals surface area contributed by atoms with Gasteiger partial charge < -0.3 is 10.3 Å². The molecule has 2 heterocycles. The van der Waals surface area contributed by atoms with Crippen LogP contribution in [0.15, 0.2) is 61.1 Å². The summed E-state index contributed by atoms with van der Waals surface area (Å²) in [6.07, 6.45) is 8.85. The standard InChI is InChI=1S/C19H17FN4O/c20-16-4-2-15(3-5-16)17-13-23-18(24-17)9-12-22-19(25)6-1-14-7-10-21-11-8-14/h1-8,10-11,13H,9,12H2,(H,22,25)(H,23,24)/b6-1-. The van der Waals surface area contributed by atoms with E-state index in [2.05, 4.69) is 20.3 Å². The molecule has 0 radical (unpaired) electrons. The van der Waals surface area contributed by atoms with Crippen LogP contribution in [0.1, 0.15) is 11.4 Å². The van der Waals surface area contributed by atoms with Crippen molar-refractivity contribution >= 4 is 12.0 Å². The first kappa shape index (κ1) is 16.6. The Morgan fingerprint density at radius 2 is 1.92 bits per heavy atom. The van der Waals surface area contributed by atoms with Gasteiger partial charge >= 0.3 is 0 Å². The van der Waals surface area contributed by atoms with Crippen LogP contribution in [0.3, 0.4) is 0 Å². The third-order valence-corrected chi connectivity index (χ3v) is 3.58. The fourth-order valence-electron chi connectivity index (χ4n) is 2.28. The second kappa shape index (κ2) is 8.01. The van der Waals surface area contributed by atoms with Gasteiger partial charge in [-0.15, -0.1) is 0 Å². The van der Waals surface area contributed by atoms with Crippen molar-refractivity contribution in [1.29, 1.82) is 0 Å². The molecule has 126 valence electrons. The third kappa shape index (κ3) is 4.84. The summed E-state index contributed by atoms with van der Waals surface area (Å²) in [5.74, 6) is 0.325. The second-order valence-corrected chi connectivity index (χ2v) is 5.41. The monoisotopic (exact) mass is 336 g/mol. The van der Waals surface area contributed by atoms with Crippen molar-refractivity contribution in [3.05, 3.63) is 78.3 Å². The van der Waals surface area contributed by atoms with E-state index in [-0.39, 0.29) is 11.7 Å². The first-order valence-corrected chi connectivity index (χ1v) is 7.86. The van der Waals surface area contributed by atoms with E-state index >= 15 is 0 Å². The fraction of sp³-hybridized carbons (Fsp3) is 0.105. The summed E-state index contributed by atoms with van der Waals surface area (Å²) >= 11 is 0. The number of hydrogen-bond acceptors (Lipinski definition) is 3. The normalized spacial score (nSPS) is 10.9. The molecular weight excluding hydrogens is 319 g/mol. The minimum absolute atomic E-state index is 0.165. The maximum Gasteiger partial charge on any atom is 0.244 e. The first-order chi connectivity index (χ1) is 12.2. The van der Waals surface area contributed by atoms with E-state index in [0.29, 0.717) is 13.0 Å². The van der Waals surface area contributed by atoms with Gasteiger partial charge in [0.05, 0.1) is 11.9 Å². The number of H-pyrrole nitrogens is 1. The number of halogens is 1. The van der Waals surface area contributed by atoms with Gasteiger partial charge in [-0.2, -0.15) is 0 Å². The Kier molecular flexibility index (Phi) is 5.31. The molecule has 5 nitrogen and oxygen atoms in total. The van der Waals surface area contributed by atoms with Crippen LogP contribution in [-0.4, -0.2) is 27.4 Å². The van der Waals surface area contributed by atoms with Crippen LogP contribution in [0.4, 0.5) is 4.39 Å². The maximum atomic E-state index is 12.9. The molecule has 0 saturated carbocycles. The van der Waals surface area contributed by atoms with Crippen LogP contribution in [0.5, 0.6) is 0 Å². The molecule has 0 spiro atoms. The van der Waals surface area contributed by atoms with E-state index in [1.807, 2.05) is 12.1 Å². The molecule has 25 heavy (non-hydrogen) atoms. The Bertz CT molecular complexity index is 857. The highest BCUT2D eigenvalue weighted by Crippen LogP contribution is 2.17. The summed E-state index contributed by atoms with van der Waals surface area (Å²) in [6.45, 7) is 0.468. The Morgan fingerprint density at radius 3 is 2.68 bits per heavy atom. The quantitative estimate of drug-likeness (QED) is 0.680. The summed E-state index contributed by atoms with van der Waals surface area (Å²) in [5.41, 5.74) is 2.60. The summed E-state index contributed by atoms with van der Waals surface area (Å²) in [4.78, 5) is 23.2.